The first-order valence-electron chi connectivity index (χ1n) is 13.5. The summed E-state index contributed by atoms with van der Waals surface area (Å²) in [6.45, 7) is 0. The van der Waals surface area contributed by atoms with Gasteiger partial charge in [-0.2, -0.15) is 0 Å². The SMILES string of the molecule is Clc1cc(Nc2ccc3c(c2)oc2ccccc23)cc2c1-c1ccccc1C2(c1ccccc1)c1ccccc1. The van der Waals surface area contributed by atoms with Gasteiger partial charge in [0.25, 0.3) is 0 Å². The number of hydrogen-bond donors (Lipinski definition) is 1. The van der Waals surface area contributed by atoms with Crippen molar-refractivity contribution in [1.29, 1.82) is 0 Å². The fourth-order valence-electron chi connectivity index (χ4n) is 6.56. The summed E-state index contributed by atoms with van der Waals surface area (Å²) in [5.41, 5.74) is 10.2. The first-order chi connectivity index (χ1) is 19.7. The van der Waals surface area contributed by atoms with Crippen molar-refractivity contribution in [3.63, 3.8) is 0 Å². The van der Waals surface area contributed by atoms with E-state index in [1.54, 1.807) is 0 Å². The molecule has 6 aromatic carbocycles. The van der Waals surface area contributed by atoms with Crippen LogP contribution in [0.15, 0.2) is 144 Å². The van der Waals surface area contributed by atoms with Gasteiger partial charge in [-0.25, -0.2) is 0 Å². The van der Waals surface area contributed by atoms with E-state index >= 15 is 0 Å². The number of halogens is 1. The minimum atomic E-state index is -0.502. The topological polar surface area (TPSA) is 25.2 Å². The molecule has 0 atom stereocenters. The third kappa shape index (κ3) is 3.30. The zero-order valence-corrected chi connectivity index (χ0v) is 22.3. The summed E-state index contributed by atoms with van der Waals surface area (Å²) in [5, 5.41) is 6.59. The van der Waals surface area contributed by atoms with E-state index in [-0.39, 0.29) is 0 Å². The van der Waals surface area contributed by atoms with Gasteiger partial charge in [-0.1, -0.05) is 115 Å². The number of para-hydroxylation sites is 1. The average molecular weight is 534 g/mol. The third-order valence-electron chi connectivity index (χ3n) is 8.18. The Morgan fingerprint density at radius 3 is 1.95 bits per heavy atom. The Morgan fingerprint density at radius 2 is 1.18 bits per heavy atom. The highest BCUT2D eigenvalue weighted by atomic mass is 35.5. The highest BCUT2D eigenvalue weighted by molar-refractivity contribution is 6.34. The lowest BCUT2D eigenvalue weighted by Crippen LogP contribution is -2.28. The van der Waals surface area contributed by atoms with Crippen LogP contribution < -0.4 is 5.32 Å². The molecule has 1 N–H and O–H groups in total. The van der Waals surface area contributed by atoms with E-state index in [4.69, 9.17) is 16.0 Å². The van der Waals surface area contributed by atoms with Crippen LogP contribution in [-0.2, 0) is 5.41 Å². The molecule has 0 bridgehead atoms. The molecule has 0 fully saturated rings. The number of nitrogens with one attached hydrogen (secondary N) is 1. The average Bonchev–Trinajstić information content (AvgIpc) is 3.51. The minimum absolute atomic E-state index is 0.502. The van der Waals surface area contributed by atoms with Crippen molar-refractivity contribution >= 4 is 44.9 Å². The van der Waals surface area contributed by atoms with Gasteiger partial charge < -0.3 is 9.73 Å². The summed E-state index contributed by atoms with van der Waals surface area (Å²) >= 11 is 7.16. The van der Waals surface area contributed by atoms with Crippen LogP contribution in [0.5, 0.6) is 0 Å². The Hall–Kier alpha value is -4.79. The van der Waals surface area contributed by atoms with E-state index < -0.39 is 5.41 Å². The molecule has 7 aromatic rings. The molecule has 2 nitrogen and oxygen atoms in total. The monoisotopic (exact) mass is 533 g/mol. The van der Waals surface area contributed by atoms with Gasteiger partial charge in [-0.15, -0.1) is 0 Å². The van der Waals surface area contributed by atoms with Crippen LogP contribution in [0.2, 0.25) is 5.02 Å². The molecule has 0 saturated heterocycles. The maximum Gasteiger partial charge on any atom is 0.137 e. The standard InChI is InChI=1S/C37H24ClNO/c38-33-22-27(39-26-19-20-29-28-15-8-10-18-34(28)40-35(29)23-26)21-32-36(33)30-16-7-9-17-31(30)37(32,24-11-3-1-4-12-24)25-13-5-2-6-14-25/h1-23,39H. The quantitative estimate of drug-likeness (QED) is 0.243. The van der Waals surface area contributed by atoms with Crippen molar-refractivity contribution in [3.8, 4) is 11.1 Å². The van der Waals surface area contributed by atoms with Crippen LogP contribution in [-0.4, -0.2) is 0 Å². The number of benzene rings is 6. The third-order valence-corrected chi connectivity index (χ3v) is 8.47. The Morgan fingerprint density at radius 1 is 0.525 bits per heavy atom. The highest BCUT2D eigenvalue weighted by Crippen LogP contribution is 2.58. The zero-order chi connectivity index (χ0) is 26.7. The van der Waals surface area contributed by atoms with Gasteiger partial charge in [0.15, 0.2) is 0 Å². The predicted octanol–water partition coefficient (Wildman–Crippen LogP) is 10.3. The fraction of sp³-hybridized carbons (Fsp3) is 0.0270. The van der Waals surface area contributed by atoms with Crippen molar-refractivity contribution in [2.75, 3.05) is 5.32 Å². The second-order valence-electron chi connectivity index (χ2n) is 10.3. The smallest absolute Gasteiger partial charge is 0.137 e. The first kappa shape index (κ1) is 23.1. The molecular formula is C37H24ClNO. The molecule has 0 unspecified atom stereocenters. The molecule has 40 heavy (non-hydrogen) atoms. The Bertz CT molecular complexity index is 2000. The van der Waals surface area contributed by atoms with Crippen molar-refractivity contribution in [3.05, 3.63) is 167 Å². The first-order valence-corrected chi connectivity index (χ1v) is 13.8. The molecule has 0 saturated carbocycles. The summed E-state index contributed by atoms with van der Waals surface area (Å²) in [7, 11) is 0. The maximum absolute atomic E-state index is 7.16. The van der Waals surface area contributed by atoms with E-state index in [2.05, 4.69) is 121 Å². The Labute approximate surface area is 237 Å². The van der Waals surface area contributed by atoms with Gasteiger partial charge in [0, 0.05) is 33.8 Å². The van der Waals surface area contributed by atoms with Gasteiger partial charge >= 0.3 is 0 Å². The lowest BCUT2D eigenvalue weighted by molar-refractivity contribution is 0.669. The Kier molecular flexibility index (Phi) is 5.13. The number of fused-ring (bicyclic) bond motifs is 6. The van der Waals surface area contributed by atoms with Gasteiger partial charge in [-0.3, -0.25) is 0 Å². The molecule has 0 spiro atoms. The van der Waals surface area contributed by atoms with Crippen LogP contribution in [0.4, 0.5) is 11.4 Å². The van der Waals surface area contributed by atoms with Gasteiger partial charge in [-0.05, 0) is 58.1 Å². The molecular weight excluding hydrogens is 510 g/mol. The number of hydrogen-bond acceptors (Lipinski definition) is 2. The fourth-order valence-corrected chi connectivity index (χ4v) is 6.88. The summed E-state index contributed by atoms with van der Waals surface area (Å²) in [5.74, 6) is 0. The molecule has 1 aliphatic rings. The van der Waals surface area contributed by atoms with E-state index in [0.717, 1.165) is 43.9 Å². The van der Waals surface area contributed by atoms with Crippen molar-refractivity contribution < 1.29 is 4.42 Å². The summed E-state index contributed by atoms with van der Waals surface area (Å²) < 4.78 is 6.15. The van der Waals surface area contributed by atoms with E-state index in [0.29, 0.717) is 0 Å². The molecule has 0 radical (unpaired) electrons. The lowest BCUT2D eigenvalue weighted by Gasteiger charge is -2.34. The highest BCUT2D eigenvalue weighted by Gasteiger charge is 2.46. The predicted molar refractivity (Wildman–Crippen MR) is 166 cm³/mol. The summed E-state index contributed by atoms with van der Waals surface area (Å²) in [6, 6.07) is 48.9. The minimum Gasteiger partial charge on any atom is -0.456 e. The normalized spacial score (nSPS) is 13.3. The zero-order valence-electron chi connectivity index (χ0n) is 21.6. The molecule has 8 rings (SSSR count). The molecule has 3 heteroatoms. The number of rotatable bonds is 4. The molecule has 190 valence electrons. The van der Waals surface area contributed by atoms with Gasteiger partial charge in [0.1, 0.15) is 11.2 Å². The van der Waals surface area contributed by atoms with Gasteiger partial charge in [0.2, 0.25) is 0 Å². The lowest BCUT2D eigenvalue weighted by atomic mass is 9.67. The van der Waals surface area contributed by atoms with Crippen LogP contribution in [0.3, 0.4) is 0 Å². The molecule has 1 aliphatic carbocycles. The van der Waals surface area contributed by atoms with Crippen molar-refractivity contribution in [2.45, 2.75) is 5.41 Å². The van der Waals surface area contributed by atoms with Crippen LogP contribution in [0, 0.1) is 0 Å². The Balaban J connectivity index is 1.34. The van der Waals surface area contributed by atoms with E-state index in [1.807, 2.05) is 24.3 Å². The maximum atomic E-state index is 7.16. The summed E-state index contributed by atoms with van der Waals surface area (Å²) in [4.78, 5) is 0. The van der Waals surface area contributed by atoms with Crippen LogP contribution >= 0.6 is 11.6 Å². The van der Waals surface area contributed by atoms with Gasteiger partial charge in [0.05, 0.1) is 10.4 Å². The van der Waals surface area contributed by atoms with E-state index in [9.17, 15) is 0 Å². The number of anilines is 2. The second kappa shape index (κ2) is 8.87. The molecule has 0 aliphatic heterocycles. The van der Waals surface area contributed by atoms with E-state index in [1.165, 1.54) is 27.8 Å². The molecule has 1 heterocycles. The van der Waals surface area contributed by atoms with Crippen molar-refractivity contribution in [2.24, 2.45) is 0 Å². The van der Waals surface area contributed by atoms with Crippen molar-refractivity contribution in [1.82, 2.24) is 0 Å². The largest absolute Gasteiger partial charge is 0.456 e. The number of furan rings is 1. The summed E-state index contributed by atoms with van der Waals surface area (Å²) in [6.07, 6.45) is 0. The molecule has 0 amide bonds. The second-order valence-corrected chi connectivity index (χ2v) is 10.7. The van der Waals surface area contributed by atoms with Crippen LogP contribution in [0.25, 0.3) is 33.1 Å². The molecule has 1 aromatic heterocycles. The van der Waals surface area contributed by atoms with Crippen LogP contribution in [0.1, 0.15) is 22.3 Å².